The van der Waals surface area contributed by atoms with E-state index in [9.17, 15) is 4.79 Å². The summed E-state index contributed by atoms with van der Waals surface area (Å²) in [5, 5.41) is 8.96. The molecule has 0 saturated carbocycles. The number of aromatic nitrogens is 1. The van der Waals surface area contributed by atoms with E-state index in [-0.39, 0.29) is 5.92 Å². The highest BCUT2D eigenvalue weighted by molar-refractivity contribution is 9.10. The molecule has 6 heteroatoms. The Morgan fingerprint density at radius 3 is 2.87 bits per heavy atom. The number of carboxylic acid groups (broad SMARTS) is 1. The summed E-state index contributed by atoms with van der Waals surface area (Å²) in [7, 11) is 0. The van der Waals surface area contributed by atoms with E-state index in [0.717, 1.165) is 21.5 Å². The summed E-state index contributed by atoms with van der Waals surface area (Å²) in [4.78, 5) is 17.2. The van der Waals surface area contributed by atoms with Crippen LogP contribution in [0, 0.1) is 5.92 Å². The van der Waals surface area contributed by atoms with Crippen LogP contribution in [0.15, 0.2) is 47.1 Å². The molecular formula is C17H17BrN2O3. The third-order valence-corrected chi connectivity index (χ3v) is 4.32. The molecule has 0 bridgehead atoms. The van der Waals surface area contributed by atoms with Gasteiger partial charge in [-0.15, -0.1) is 0 Å². The van der Waals surface area contributed by atoms with Crippen LogP contribution >= 0.6 is 15.9 Å². The average molecular weight is 377 g/mol. The normalized spacial score (nSPS) is 15.2. The molecule has 5 nitrogen and oxygen atoms in total. The molecule has 0 spiro atoms. The van der Waals surface area contributed by atoms with Crippen molar-refractivity contribution in [1.82, 2.24) is 9.88 Å². The fourth-order valence-corrected chi connectivity index (χ4v) is 2.95. The molecule has 0 atom stereocenters. The van der Waals surface area contributed by atoms with Crippen molar-refractivity contribution >= 4 is 21.9 Å². The second kappa shape index (κ2) is 7.10. The molecule has 2 aromatic rings. The Hall–Kier alpha value is -1.92. The Morgan fingerprint density at radius 2 is 2.17 bits per heavy atom. The number of halogens is 1. The highest BCUT2D eigenvalue weighted by Crippen LogP contribution is 2.28. The quantitative estimate of drug-likeness (QED) is 0.839. The first-order valence-electron chi connectivity index (χ1n) is 7.38. The standard InChI is InChI=1S/C17H17BrN2O3/c18-14-4-5-16(23-11-15-3-1-2-6-19-15)12(7-14)8-20-9-13(10-20)17(21)22/h1-7,13H,8-11H2,(H,21,22). The zero-order chi connectivity index (χ0) is 16.2. The maximum absolute atomic E-state index is 10.9. The third kappa shape index (κ3) is 4.09. The van der Waals surface area contributed by atoms with E-state index in [2.05, 4.69) is 25.8 Å². The number of rotatable bonds is 6. The number of likely N-dealkylation sites (tertiary alicyclic amines) is 1. The zero-order valence-corrected chi connectivity index (χ0v) is 14.1. The second-order valence-electron chi connectivity index (χ2n) is 5.59. The molecule has 0 radical (unpaired) electrons. The lowest BCUT2D eigenvalue weighted by atomic mass is 9.99. The maximum atomic E-state index is 10.9. The van der Waals surface area contributed by atoms with Crippen molar-refractivity contribution in [2.24, 2.45) is 5.92 Å². The molecule has 1 aromatic carbocycles. The Kier molecular flexibility index (Phi) is 4.93. The Bertz CT molecular complexity index is 687. The first kappa shape index (κ1) is 16.0. The van der Waals surface area contributed by atoms with Crippen molar-refractivity contribution in [2.45, 2.75) is 13.2 Å². The zero-order valence-electron chi connectivity index (χ0n) is 12.5. The molecule has 1 saturated heterocycles. The molecule has 1 N–H and O–H groups in total. The van der Waals surface area contributed by atoms with Crippen molar-refractivity contribution in [2.75, 3.05) is 13.1 Å². The highest BCUT2D eigenvalue weighted by Gasteiger charge is 2.32. The number of carboxylic acids is 1. The van der Waals surface area contributed by atoms with E-state index in [4.69, 9.17) is 9.84 Å². The number of ether oxygens (including phenoxy) is 1. The molecule has 1 aromatic heterocycles. The molecule has 1 aliphatic heterocycles. The summed E-state index contributed by atoms with van der Waals surface area (Å²) in [6.07, 6.45) is 1.74. The maximum Gasteiger partial charge on any atom is 0.309 e. The fraction of sp³-hybridized carbons (Fsp3) is 0.294. The summed E-state index contributed by atoms with van der Waals surface area (Å²) >= 11 is 3.48. The summed E-state index contributed by atoms with van der Waals surface area (Å²) in [5.41, 5.74) is 1.91. The summed E-state index contributed by atoms with van der Waals surface area (Å²) in [6.45, 7) is 2.26. The third-order valence-electron chi connectivity index (χ3n) is 3.82. The first-order valence-corrected chi connectivity index (χ1v) is 8.17. The van der Waals surface area contributed by atoms with Gasteiger partial charge < -0.3 is 9.84 Å². The molecule has 0 unspecified atom stereocenters. The van der Waals surface area contributed by atoms with Crippen LogP contribution in [0.3, 0.4) is 0 Å². The highest BCUT2D eigenvalue weighted by atomic mass is 79.9. The minimum atomic E-state index is -0.720. The number of pyridine rings is 1. The Morgan fingerprint density at radius 1 is 1.35 bits per heavy atom. The molecule has 3 rings (SSSR count). The number of carbonyl (C=O) groups is 1. The number of hydrogen-bond donors (Lipinski definition) is 1. The Balaban J connectivity index is 1.65. The van der Waals surface area contributed by atoms with Crippen LogP contribution in [0.1, 0.15) is 11.3 Å². The van der Waals surface area contributed by atoms with Gasteiger partial charge in [-0.25, -0.2) is 0 Å². The fourth-order valence-electron chi connectivity index (χ4n) is 2.54. The van der Waals surface area contributed by atoms with E-state index in [1.165, 1.54) is 0 Å². The van der Waals surface area contributed by atoms with Gasteiger partial charge in [0.2, 0.25) is 0 Å². The largest absolute Gasteiger partial charge is 0.487 e. The van der Waals surface area contributed by atoms with Gasteiger partial charge in [0, 0.05) is 35.9 Å². The van der Waals surface area contributed by atoms with Crippen LogP contribution in [0.5, 0.6) is 5.75 Å². The number of hydrogen-bond acceptors (Lipinski definition) is 4. The molecule has 0 aliphatic carbocycles. The lowest BCUT2D eigenvalue weighted by Gasteiger charge is -2.36. The van der Waals surface area contributed by atoms with Gasteiger partial charge in [0.25, 0.3) is 0 Å². The van der Waals surface area contributed by atoms with E-state index >= 15 is 0 Å². The summed E-state index contributed by atoms with van der Waals surface area (Å²) < 4.78 is 6.88. The molecule has 120 valence electrons. The summed E-state index contributed by atoms with van der Waals surface area (Å²) in [6, 6.07) is 11.6. The molecular weight excluding hydrogens is 360 g/mol. The van der Waals surface area contributed by atoms with Crippen LogP contribution < -0.4 is 4.74 Å². The van der Waals surface area contributed by atoms with E-state index in [1.54, 1.807) is 6.20 Å². The van der Waals surface area contributed by atoms with Crippen molar-refractivity contribution < 1.29 is 14.6 Å². The smallest absolute Gasteiger partial charge is 0.309 e. The summed E-state index contributed by atoms with van der Waals surface area (Å²) in [5.74, 6) is -0.167. The van der Waals surface area contributed by atoms with Gasteiger partial charge >= 0.3 is 5.97 Å². The van der Waals surface area contributed by atoms with Gasteiger partial charge in [0.1, 0.15) is 12.4 Å². The van der Waals surface area contributed by atoms with Crippen molar-refractivity contribution in [3.8, 4) is 5.75 Å². The van der Waals surface area contributed by atoms with Crippen LogP contribution in [-0.2, 0) is 17.9 Å². The molecule has 1 fully saturated rings. The average Bonchev–Trinajstić information content (AvgIpc) is 2.50. The van der Waals surface area contributed by atoms with E-state index < -0.39 is 5.97 Å². The monoisotopic (exact) mass is 376 g/mol. The minimum Gasteiger partial charge on any atom is -0.487 e. The lowest BCUT2D eigenvalue weighted by Crippen LogP contribution is -2.49. The first-order chi connectivity index (χ1) is 11.1. The molecule has 23 heavy (non-hydrogen) atoms. The predicted octanol–water partition coefficient (Wildman–Crippen LogP) is 2.94. The van der Waals surface area contributed by atoms with E-state index in [0.29, 0.717) is 26.2 Å². The number of nitrogens with zero attached hydrogens (tertiary/aromatic N) is 2. The topological polar surface area (TPSA) is 62.7 Å². The van der Waals surface area contributed by atoms with Crippen molar-refractivity contribution in [3.63, 3.8) is 0 Å². The second-order valence-corrected chi connectivity index (χ2v) is 6.51. The van der Waals surface area contributed by atoms with Crippen LogP contribution in [-0.4, -0.2) is 34.0 Å². The van der Waals surface area contributed by atoms with Gasteiger partial charge in [-0.2, -0.15) is 0 Å². The van der Waals surface area contributed by atoms with Crippen molar-refractivity contribution in [1.29, 1.82) is 0 Å². The Labute approximate surface area is 143 Å². The van der Waals surface area contributed by atoms with Gasteiger partial charge in [-0.3, -0.25) is 14.7 Å². The van der Waals surface area contributed by atoms with E-state index in [1.807, 2.05) is 36.4 Å². The number of benzene rings is 1. The van der Waals surface area contributed by atoms with Crippen LogP contribution in [0.25, 0.3) is 0 Å². The number of aliphatic carboxylic acids is 1. The molecule has 1 aliphatic rings. The van der Waals surface area contributed by atoms with Crippen LogP contribution in [0.2, 0.25) is 0 Å². The van der Waals surface area contributed by atoms with Gasteiger partial charge in [0.15, 0.2) is 0 Å². The van der Waals surface area contributed by atoms with Gasteiger partial charge in [-0.1, -0.05) is 22.0 Å². The van der Waals surface area contributed by atoms with Gasteiger partial charge in [0.05, 0.1) is 11.6 Å². The lowest BCUT2D eigenvalue weighted by molar-refractivity contribution is -0.147. The molecule has 2 heterocycles. The minimum absolute atomic E-state index is 0.250. The molecule has 0 amide bonds. The van der Waals surface area contributed by atoms with Gasteiger partial charge in [-0.05, 0) is 30.3 Å². The SMILES string of the molecule is O=C(O)C1CN(Cc2cc(Br)ccc2OCc2ccccn2)C1. The predicted molar refractivity (Wildman–Crippen MR) is 89.1 cm³/mol. The van der Waals surface area contributed by atoms with Crippen molar-refractivity contribution in [3.05, 3.63) is 58.3 Å². The van der Waals surface area contributed by atoms with Crippen LogP contribution in [0.4, 0.5) is 0 Å².